The molecule has 0 aliphatic heterocycles. The standard InChI is InChI=1S/C45H28N4/c1-3-14-29(15-4-1)43-46-44(30-16-5-2-6-17-30)48-45(47-43)32-19-13-20-33(26-32)49-28-39-37-24-10-9-22-35(37)36-23-11-12-25-38(36)41-34-21-8-7-18-31(34)27-40(49)42(39)41/h1-28H. The maximum atomic E-state index is 5.02. The lowest BCUT2D eigenvalue weighted by molar-refractivity contribution is 1.07. The van der Waals surface area contributed by atoms with E-state index in [1.165, 1.54) is 49.5 Å². The van der Waals surface area contributed by atoms with Crippen LogP contribution in [0.5, 0.6) is 0 Å². The molecule has 10 rings (SSSR count). The lowest BCUT2D eigenvalue weighted by atomic mass is 9.91. The number of hydrogen-bond donors (Lipinski definition) is 0. The van der Waals surface area contributed by atoms with E-state index in [1.807, 2.05) is 60.7 Å². The number of nitrogens with zero attached hydrogens (tertiary/aromatic N) is 4. The van der Waals surface area contributed by atoms with Crippen LogP contribution in [0.1, 0.15) is 0 Å². The molecule has 1 aliphatic rings. The molecule has 0 saturated carbocycles. The molecule has 0 atom stereocenters. The van der Waals surface area contributed by atoms with Crippen LogP contribution in [0.2, 0.25) is 0 Å². The van der Waals surface area contributed by atoms with Gasteiger partial charge in [-0.05, 0) is 51.2 Å². The molecule has 9 aromatic rings. The van der Waals surface area contributed by atoms with Crippen LogP contribution in [0, 0.1) is 0 Å². The molecule has 228 valence electrons. The summed E-state index contributed by atoms with van der Waals surface area (Å²) in [4.78, 5) is 14.9. The van der Waals surface area contributed by atoms with E-state index in [0.29, 0.717) is 17.5 Å². The summed E-state index contributed by atoms with van der Waals surface area (Å²) in [5.74, 6) is 1.94. The molecule has 0 amide bonds. The molecule has 2 heterocycles. The van der Waals surface area contributed by atoms with E-state index in [2.05, 4.69) is 114 Å². The Morgan fingerprint density at radius 1 is 0.388 bits per heavy atom. The minimum atomic E-state index is 0.637. The molecule has 4 heteroatoms. The SMILES string of the molecule is c1ccc(-c2nc(-c3ccccc3)nc(-c3cccc(-n4cc5c6c(c7ccccc7cc64)-c4ccccc4-c4ccccc4-5)c3)n2)cc1. The van der Waals surface area contributed by atoms with Gasteiger partial charge in [-0.1, -0.05) is 146 Å². The molecule has 49 heavy (non-hydrogen) atoms. The molecular formula is C45H28N4. The maximum Gasteiger partial charge on any atom is 0.164 e. The van der Waals surface area contributed by atoms with Gasteiger partial charge in [0.15, 0.2) is 17.5 Å². The minimum absolute atomic E-state index is 0.637. The van der Waals surface area contributed by atoms with Crippen LogP contribution in [-0.2, 0) is 0 Å². The number of rotatable bonds is 4. The summed E-state index contributed by atoms with van der Waals surface area (Å²) in [7, 11) is 0. The Balaban J connectivity index is 1.23. The molecule has 2 aromatic heterocycles. The highest BCUT2D eigenvalue weighted by atomic mass is 15.0. The van der Waals surface area contributed by atoms with Crippen LogP contribution in [0.4, 0.5) is 0 Å². The Bertz CT molecular complexity index is 2650. The second-order valence-corrected chi connectivity index (χ2v) is 12.5. The van der Waals surface area contributed by atoms with Crippen molar-refractivity contribution in [3.63, 3.8) is 0 Å². The van der Waals surface area contributed by atoms with Crippen molar-refractivity contribution >= 4 is 21.7 Å². The lowest BCUT2D eigenvalue weighted by Gasteiger charge is -2.15. The van der Waals surface area contributed by atoms with Crippen molar-refractivity contribution in [3.05, 3.63) is 170 Å². The first-order valence-electron chi connectivity index (χ1n) is 16.5. The zero-order chi connectivity index (χ0) is 32.3. The van der Waals surface area contributed by atoms with E-state index in [0.717, 1.165) is 27.9 Å². The normalized spacial score (nSPS) is 11.7. The van der Waals surface area contributed by atoms with Gasteiger partial charge in [-0.2, -0.15) is 0 Å². The number of benzene rings is 7. The van der Waals surface area contributed by atoms with Crippen LogP contribution in [0.15, 0.2) is 170 Å². The van der Waals surface area contributed by atoms with E-state index in [4.69, 9.17) is 15.0 Å². The second-order valence-electron chi connectivity index (χ2n) is 12.5. The molecule has 4 nitrogen and oxygen atoms in total. The van der Waals surface area contributed by atoms with Gasteiger partial charge in [0.05, 0.1) is 5.52 Å². The Morgan fingerprint density at radius 3 is 1.57 bits per heavy atom. The molecule has 0 unspecified atom stereocenters. The van der Waals surface area contributed by atoms with Crippen molar-refractivity contribution in [2.45, 2.75) is 0 Å². The van der Waals surface area contributed by atoms with Gasteiger partial charge in [0, 0.05) is 45.1 Å². The average Bonchev–Trinajstić information content (AvgIpc) is 3.50. The van der Waals surface area contributed by atoms with Crippen molar-refractivity contribution in [2.24, 2.45) is 0 Å². The largest absolute Gasteiger partial charge is 0.316 e. The third-order valence-electron chi connectivity index (χ3n) is 9.60. The predicted octanol–water partition coefficient (Wildman–Crippen LogP) is 11.3. The highest BCUT2D eigenvalue weighted by Crippen LogP contribution is 2.51. The van der Waals surface area contributed by atoms with Crippen molar-refractivity contribution < 1.29 is 0 Å². The van der Waals surface area contributed by atoms with Gasteiger partial charge in [-0.3, -0.25) is 0 Å². The summed E-state index contributed by atoms with van der Waals surface area (Å²) in [6, 6.07) is 57.5. The molecule has 0 fully saturated rings. The zero-order valence-corrected chi connectivity index (χ0v) is 26.5. The van der Waals surface area contributed by atoms with Crippen LogP contribution < -0.4 is 0 Å². The van der Waals surface area contributed by atoms with E-state index in [9.17, 15) is 0 Å². The molecule has 0 radical (unpaired) electrons. The second kappa shape index (κ2) is 11.0. The molecule has 7 aromatic carbocycles. The fourth-order valence-electron chi connectivity index (χ4n) is 7.38. The number of hydrogen-bond acceptors (Lipinski definition) is 3. The summed E-state index contributed by atoms with van der Waals surface area (Å²) in [5, 5.41) is 3.74. The molecular weight excluding hydrogens is 597 g/mol. The van der Waals surface area contributed by atoms with E-state index < -0.39 is 0 Å². The van der Waals surface area contributed by atoms with Crippen LogP contribution in [0.25, 0.3) is 94.9 Å². The zero-order valence-electron chi connectivity index (χ0n) is 26.5. The summed E-state index contributed by atoms with van der Waals surface area (Å²) in [6.07, 6.45) is 2.31. The summed E-state index contributed by atoms with van der Waals surface area (Å²) in [5.41, 5.74) is 12.6. The Kier molecular flexibility index (Phi) is 6.15. The number of aromatic nitrogens is 4. The van der Waals surface area contributed by atoms with E-state index in [1.54, 1.807) is 0 Å². The van der Waals surface area contributed by atoms with Crippen LogP contribution >= 0.6 is 0 Å². The van der Waals surface area contributed by atoms with Crippen LogP contribution in [-0.4, -0.2) is 19.5 Å². The molecule has 0 spiro atoms. The monoisotopic (exact) mass is 624 g/mol. The summed E-state index contributed by atoms with van der Waals surface area (Å²) < 4.78 is 2.34. The highest BCUT2D eigenvalue weighted by molar-refractivity contribution is 6.21. The summed E-state index contributed by atoms with van der Waals surface area (Å²) in [6.45, 7) is 0. The predicted molar refractivity (Wildman–Crippen MR) is 200 cm³/mol. The van der Waals surface area contributed by atoms with E-state index >= 15 is 0 Å². The molecule has 0 saturated heterocycles. The smallest absolute Gasteiger partial charge is 0.164 e. The van der Waals surface area contributed by atoms with Gasteiger partial charge >= 0.3 is 0 Å². The molecule has 0 bridgehead atoms. The molecule has 1 aliphatic carbocycles. The van der Waals surface area contributed by atoms with Crippen molar-refractivity contribution in [1.82, 2.24) is 19.5 Å². The third kappa shape index (κ3) is 4.42. The van der Waals surface area contributed by atoms with Crippen molar-refractivity contribution in [3.8, 4) is 73.2 Å². The van der Waals surface area contributed by atoms with Crippen molar-refractivity contribution in [2.75, 3.05) is 0 Å². The van der Waals surface area contributed by atoms with Gasteiger partial charge in [0.25, 0.3) is 0 Å². The van der Waals surface area contributed by atoms with Gasteiger partial charge in [-0.25, -0.2) is 15.0 Å². The highest BCUT2D eigenvalue weighted by Gasteiger charge is 2.26. The van der Waals surface area contributed by atoms with Gasteiger partial charge in [0.2, 0.25) is 0 Å². The Labute approximate surface area is 283 Å². The van der Waals surface area contributed by atoms with Gasteiger partial charge in [0.1, 0.15) is 0 Å². The first-order valence-corrected chi connectivity index (χ1v) is 16.5. The third-order valence-corrected chi connectivity index (χ3v) is 9.60. The Hall–Kier alpha value is -6.65. The van der Waals surface area contributed by atoms with Gasteiger partial charge in [-0.15, -0.1) is 0 Å². The summed E-state index contributed by atoms with van der Waals surface area (Å²) >= 11 is 0. The molecule has 0 N–H and O–H groups in total. The topological polar surface area (TPSA) is 43.6 Å². The van der Waals surface area contributed by atoms with Crippen molar-refractivity contribution in [1.29, 1.82) is 0 Å². The maximum absolute atomic E-state index is 5.02. The fraction of sp³-hybridized carbons (Fsp3) is 0. The van der Waals surface area contributed by atoms with Crippen LogP contribution in [0.3, 0.4) is 0 Å². The Morgan fingerprint density at radius 2 is 0.898 bits per heavy atom. The average molecular weight is 625 g/mol. The number of fused-ring (bicyclic) bond motifs is 7. The lowest BCUT2D eigenvalue weighted by Crippen LogP contribution is -2.01. The first-order chi connectivity index (χ1) is 24.3. The fourth-order valence-corrected chi connectivity index (χ4v) is 7.38. The van der Waals surface area contributed by atoms with Gasteiger partial charge < -0.3 is 4.57 Å². The first kappa shape index (κ1) is 27.5. The van der Waals surface area contributed by atoms with E-state index in [-0.39, 0.29) is 0 Å². The minimum Gasteiger partial charge on any atom is -0.316 e. The quantitative estimate of drug-likeness (QED) is 0.196.